The maximum atomic E-state index is 5.23. The molecule has 4 nitrogen and oxygen atoms in total. The van der Waals surface area contributed by atoms with Crippen LogP contribution in [0.2, 0.25) is 0 Å². The number of aromatic nitrogens is 1. The van der Waals surface area contributed by atoms with Crippen molar-refractivity contribution >= 4 is 5.69 Å². The maximum Gasteiger partial charge on any atom is 0.124 e. The van der Waals surface area contributed by atoms with E-state index in [-0.39, 0.29) is 0 Å². The summed E-state index contributed by atoms with van der Waals surface area (Å²) >= 11 is 0. The van der Waals surface area contributed by atoms with Gasteiger partial charge in [-0.3, -0.25) is 4.98 Å². The molecule has 0 spiro atoms. The first-order valence-corrected chi connectivity index (χ1v) is 6.17. The molecule has 1 N–H and O–H groups in total. The molecule has 0 aliphatic heterocycles. The van der Waals surface area contributed by atoms with Crippen molar-refractivity contribution in [2.75, 3.05) is 26.1 Å². The maximum absolute atomic E-state index is 5.23. The predicted molar refractivity (Wildman–Crippen MR) is 76.0 cm³/mol. The van der Waals surface area contributed by atoms with Gasteiger partial charge in [-0.1, -0.05) is 0 Å². The second-order valence-corrected chi connectivity index (χ2v) is 4.13. The first kappa shape index (κ1) is 13.2. The largest absolute Gasteiger partial charge is 0.497 e. The zero-order valence-electron chi connectivity index (χ0n) is 11.2. The van der Waals surface area contributed by atoms with Gasteiger partial charge in [0.15, 0.2) is 0 Å². The van der Waals surface area contributed by atoms with Crippen molar-refractivity contribution in [2.24, 2.45) is 0 Å². The van der Waals surface area contributed by atoms with E-state index in [0.717, 1.165) is 30.2 Å². The number of nitrogens with zero attached hydrogens (tertiary/aromatic N) is 1. The Morgan fingerprint density at radius 3 is 2.21 bits per heavy atom. The Morgan fingerprint density at radius 1 is 1.00 bits per heavy atom. The van der Waals surface area contributed by atoms with E-state index in [1.165, 1.54) is 5.56 Å². The van der Waals surface area contributed by atoms with Crippen molar-refractivity contribution in [2.45, 2.75) is 6.42 Å². The fraction of sp³-hybridized carbons (Fsp3) is 0.267. The lowest BCUT2D eigenvalue weighted by Gasteiger charge is -2.10. The smallest absolute Gasteiger partial charge is 0.124 e. The van der Waals surface area contributed by atoms with Crippen LogP contribution in [0.25, 0.3) is 0 Å². The highest BCUT2D eigenvalue weighted by molar-refractivity contribution is 5.53. The topological polar surface area (TPSA) is 43.4 Å². The predicted octanol–water partition coefficient (Wildman–Crippen LogP) is 2.75. The monoisotopic (exact) mass is 258 g/mol. The standard InChI is InChI=1S/C15H18N2O2/c1-18-14-9-13(10-15(11-14)19-2)17-8-5-12-3-6-16-7-4-12/h3-4,6-7,9-11,17H,5,8H2,1-2H3. The molecule has 0 fully saturated rings. The number of pyridine rings is 1. The Labute approximate surface area is 113 Å². The second-order valence-electron chi connectivity index (χ2n) is 4.13. The zero-order chi connectivity index (χ0) is 13.5. The number of nitrogens with one attached hydrogen (secondary N) is 1. The number of hydrogen-bond donors (Lipinski definition) is 1. The van der Waals surface area contributed by atoms with Gasteiger partial charge in [-0.25, -0.2) is 0 Å². The van der Waals surface area contributed by atoms with Crippen LogP contribution in [-0.4, -0.2) is 25.7 Å². The van der Waals surface area contributed by atoms with Gasteiger partial charge in [-0.15, -0.1) is 0 Å². The van der Waals surface area contributed by atoms with Crippen LogP contribution in [-0.2, 0) is 6.42 Å². The van der Waals surface area contributed by atoms with E-state index in [0.29, 0.717) is 0 Å². The van der Waals surface area contributed by atoms with Gasteiger partial charge < -0.3 is 14.8 Å². The molecular formula is C15H18N2O2. The van der Waals surface area contributed by atoms with Crippen molar-refractivity contribution in [3.63, 3.8) is 0 Å². The van der Waals surface area contributed by atoms with E-state index in [2.05, 4.69) is 10.3 Å². The van der Waals surface area contributed by atoms with Crippen LogP contribution in [0.1, 0.15) is 5.56 Å². The van der Waals surface area contributed by atoms with E-state index < -0.39 is 0 Å². The highest BCUT2D eigenvalue weighted by Crippen LogP contribution is 2.25. The average Bonchev–Trinajstić information content (AvgIpc) is 2.48. The molecule has 2 aromatic rings. The van der Waals surface area contributed by atoms with Crippen LogP contribution in [0.4, 0.5) is 5.69 Å². The third kappa shape index (κ3) is 3.88. The SMILES string of the molecule is COc1cc(NCCc2ccncc2)cc(OC)c1. The molecule has 1 heterocycles. The molecular weight excluding hydrogens is 240 g/mol. The third-order valence-electron chi connectivity index (χ3n) is 2.84. The first-order chi connectivity index (χ1) is 9.31. The summed E-state index contributed by atoms with van der Waals surface area (Å²) in [4.78, 5) is 4.00. The van der Waals surface area contributed by atoms with E-state index in [1.54, 1.807) is 14.2 Å². The third-order valence-corrected chi connectivity index (χ3v) is 2.84. The van der Waals surface area contributed by atoms with Gasteiger partial charge in [-0.2, -0.15) is 0 Å². The van der Waals surface area contributed by atoms with Crippen molar-refractivity contribution < 1.29 is 9.47 Å². The number of anilines is 1. The summed E-state index contributed by atoms with van der Waals surface area (Å²) in [6.45, 7) is 0.848. The molecule has 2 rings (SSSR count). The molecule has 0 saturated heterocycles. The number of methoxy groups -OCH3 is 2. The summed E-state index contributed by atoms with van der Waals surface area (Å²) in [6, 6.07) is 9.81. The van der Waals surface area contributed by atoms with Gasteiger partial charge in [0, 0.05) is 42.8 Å². The fourth-order valence-corrected chi connectivity index (χ4v) is 1.81. The molecule has 1 aromatic heterocycles. The van der Waals surface area contributed by atoms with Crippen LogP contribution in [0, 0.1) is 0 Å². The Hall–Kier alpha value is -2.23. The lowest BCUT2D eigenvalue weighted by molar-refractivity contribution is 0.394. The molecule has 1 aromatic carbocycles. The molecule has 0 aliphatic carbocycles. The number of hydrogen-bond acceptors (Lipinski definition) is 4. The highest BCUT2D eigenvalue weighted by atomic mass is 16.5. The summed E-state index contributed by atoms with van der Waals surface area (Å²) < 4.78 is 10.5. The van der Waals surface area contributed by atoms with Gasteiger partial charge in [0.2, 0.25) is 0 Å². The molecule has 0 radical (unpaired) electrons. The number of benzene rings is 1. The minimum atomic E-state index is 0.783. The second kappa shape index (κ2) is 6.64. The Balaban J connectivity index is 1.95. The number of rotatable bonds is 6. The Kier molecular flexibility index (Phi) is 4.61. The number of ether oxygens (including phenoxy) is 2. The van der Waals surface area contributed by atoms with Crippen LogP contribution >= 0.6 is 0 Å². The quantitative estimate of drug-likeness (QED) is 0.865. The molecule has 0 bridgehead atoms. The van der Waals surface area contributed by atoms with Crippen molar-refractivity contribution in [1.82, 2.24) is 4.98 Å². The van der Waals surface area contributed by atoms with Crippen molar-refractivity contribution in [1.29, 1.82) is 0 Å². The van der Waals surface area contributed by atoms with Crippen LogP contribution < -0.4 is 14.8 Å². The van der Waals surface area contributed by atoms with Crippen LogP contribution in [0.3, 0.4) is 0 Å². The fourth-order valence-electron chi connectivity index (χ4n) is 1.81. The van der Waals surface area contributed by atoms with Crippen LogP contribution in [0.5, 0.6) is 11.5 Å². The van der Waals surface area contributed by atoms with Crippen LogP contribution in [0.15, 0.2) is 42.7 Å². The Bertz CT molecular complexity index is 493. The van der Waals surface area contributed by atoms with Gasteiger partial charge >= 0.3 is 0 Å². The van der Waals surface area contributed by atoms with Gasteiger partial charge in [0.05, 0.1) is 14.2 Å². The summed E-state index contributed by atoms with van der Waals surface area (Å²) in [6.07, 6.45) is 4.57. The summed E-state index contributed by atoms with van der Waals surface area (Å²) in [5.74, 6) is 1.57. The van der Waals surface area contributed by atoms with E-state index >= 15 is 0 Å². The molecule has 4 heteroatoms. The lowest BCUT2D eigenvalue weighted by Crippen LogP contribution is -2.05. The van der Waals surface area contributed by atoms with Crippen molar-refractivity contribution in [3.8, 4) is 11.5 Å². The van der Waals surface area contributed by atoms with E-state index in [4.69, 9.17) is 9.47 Å². The molecule has 19 heavy (non-hydrogen) atoms. The molecule has 0 aliphatic rings. The van der Waals surface area contributed by atoms with E-state index in [1.807, 2.05) is 42.7 Å². The minimum absolute atomic E-state index is 0.783. The summed E-state index contributed by atoms with van der Waals surface area (Å²) in [7, 11) is 3.30. The average molecular weight is 258 g/mol. The van der Waals surface area contributed by atoms with Gasteiger partial charge in [-0.05, 0) is 24.1 Å². The molecule has 100 valence electrons. The van der Waals surface area contributed by atoms with Gasteiger partial charge in [0.25, 0.3) is 0 Å². The summed E-state index contributed by atoms with van der Waals surface area (Å²) in [5, 5.41) is 3.36. The Morgan fingerprint density at radius 2 is 1.63 bits per heavy atom. The minimum Gasteiger partial charge on any atom is -0.497 e. The summed E-state index contributed by atoms with van der Waals surface area (Å²) in [5.41, 5.74) is 2.25. The van der Waals surface area contributed by atoms with Crippen molar-refractivity contribution in [3.05, 3.63) is 48.3 Å². The first-order valence-electron chi connectivity index (χ1n) is 6.17. The molecule has 0 amide bonds. The zero-order valence-corrected chi connectivity index (χ0v) is 11.2. The molecule has 0 saturated carbocycles. The van der Waals surface area contributed by atoms with Gasteiger partial charge in [0.1, 0.15) is 11.5 Å². The van der Waals surface area contributed by atoms with E-state index in [9.17, 15) is 0 Å². The normalized spacial score (nSPS) is 10.0. The lowest BCUT2D eigenvalue weighted by atomic mass is 10.2. The molecule has 0 unspecified atom stereocenters. The highest BCUT2D eigenvalue weighted by Gasteiger charge is 2.01. The molecule has 0 atom stereocenters.